The number of allylic oxidation sites excluding steroid dienone is 2. The smallest absolute Gasteiger partial charge is 0.0319 e. The highest BCUT2D eigenvalue weighted by Gasteiger charge is 2.23. The van der Waals surface area contributed by atoms with Crippen LogP contribution in [0.1, 0.15) is 34.1 Å². The van der Waals surface area contributed by atoms with Gasteiger partial charge in [-0.2, -0.15) is 0 Å². The van der Waals surface area contributed by atoms with Gasteiger partial charge in [-0.25, -0.2) is 0 Å². The van der Waals surface area contributed by atoms with Gasteiger partial charge >= 0.3 is 0 Å². The van der Waals surface area contributed by atoms with Crippen LogP contribution in [0.4, 0.5) is 0 Å². The lowest BCUT2D eigenvalue weighted by Crippen LogP contribution is -2.42. The maximum Gasteiger partial charge on any atom is 0.0319 e. The Morgan fingerprint density at radius 3 is 2.60 bits per heavy atom. The van der Waals surface area contributed by atoms with Crippen LogP contribution in [0.25, 0.3) is 0 Å². The molecule has 1 heteroatoms. The zero-order valence-electron chi connectivity index (χ0n) is 7.36. The van der Waals surface area contributed by atoms with Gasteiger partial charge in [0.05, 0.1) is 0 Å². The summed E-state index contributed by atoms with van der Waals surface area (Å²) in [4.78, 5) is 0. The molecule has 0 bridgehead atoms. The molecule has 58 valence electrons. The minimum Gasteiger partial charge on any atom is -0.384 e. The largest absolute Gasteiger partial charge is 0.384 e. The fourth-order valence-electron chi connectivity index (χ4n) is 1.92. The number of nitrogens with one attached hydrogen (secondary N) is 1. The van der Waals surface area contributed by atoms with E-state index in [-0.39, 0.29) is 0 Å². The summed E-state index contributed by atoms with van der Waals surface area (Å²) in [5, 5.41) is 3.45. The molecule has 1 unspecified atom stereocenters. The molecule has 0 fully saturated rings. The summed E-state index contributed by atoms with van der Waals surface area (Å²) in [5.41, 5.74) is 1.63. The van der Waals surface area contributed by atoms with E-state index in [1.54, 1.807) is 0 Å². The van der Waals surface area contributed by atoms with E-state index in [1.807, 2.05) is 0 Å². The molecule has 1 N–H and O–H groups in total. The third kappa shape index (κ3) is 1.76. The molecular formula is C9H17N. The van der Waals surface area contributed by atoms with Crippen LogP contribution in [-0.2, 0) is 0 Å². The summed E-state index contributed by atoms with van der Waals surface area (Å²) in [7, 11) is 0. The van der Waals surface area contributed by atoms with Crippen molar-refractivity contribution in [3.63, 3.8) is 0 Å². The summed E-state index contributed by atoms with van der Waals surface area (Å²) >= 11 is 0. The highest BCUT2D eigenvalue weighted by Crippen LogP contribution is 2.23. The summed E-state index contributed by atoms with van der Waals surface area (Å²) in [5.74, 6) is 0.733. The van der Waals surface area contributed by atoms with Gasteiger partial charge in [-0.1, -0.05) is 13.0 Å². The molecule has 0 saturated heterocycles. The van der Waals surface area contributed by atoms with Crippen molar-refractivity contribution in [3.05, 3.63) is 11.8 Å². The molecule has 1 nitrogen and oxygen atoms in total. The monoisotopic (exact) mass is 139 g/mol. The molecule has 1 atom stereocenters. The highest BCUT2D eigenvalue weighted by molar-refractivity contribution is 5.08. The maximum absolute atomic E-state index is 3.45. The predicted molar refractivity (Wildman–Crippen MR) is 44.8 cm³/mol. The lowest BCUT2D eigenvalue weighted by Gasteiger charge is -2.34. The minimum absolute atomic E-state index is 0.304. The summed E-state index contributed by atoms with van der Waals surface area (Å²) in [6, 6.07) is 0. The van der Waals surface area contributed by atoms with Crippen LogP contribution in [-0.4, -0.2) is 5.54 Å². The second-order valence-electron chi connectivity index (χ2n) is 4.04. The molecule has 0 aromatic heterocycles. The first-order chi connectivity index (χ1) is 4.49. The van der Waals surface area contributed by atoms with Gasteiger partial charge in [0.15, 0.2) is 0 Å². The summed E-state index contributed by atoms with van der Waals surface area (Å²) in [6.07, 6.45) is 3.54. The predicted octanol–water partition coefficient (Wildman–Crippen LogP) is 2.30. The van der Waals surface area contributed by atoms with Crippen LogP contribution in [0, 0.1) is 5.92 Å². The number of hydrogen-bond donors (Lipinski definition) is 1. The SMILES string of the molecule is CC1=CC(C)CC(C)(C)N1. The molecule has 10 heavy (non-hydrogen) atoms. The zero-order valence-corrected chi connectivity index (χ0v) is 7.36. The number of hydrogen-bond acceptors (Lipinski definition) is 1. The van der Waals surface area contributed by atoms with E-state index in [1.165, 1.54) is 12.1 Å². The van der Waals surface area contributed by atoms with Gasteiger partial charge in [0.1, 0.15) is 0 Å². The van der Waals surface area contributed by atoms with E-state index >= 15 is 0 Å². The van der Waals surface area contributed by atoms with Crippen molar-refractivity contribution in [1.29, 1.82) is 0 Å². The van der Waals surface area contributed by atoms with Gasteiger partial charge in [0, 0.05) is 11.2 Å². The second kappa shape index (κ2) is 2.30. The molecule has 0 aromatic rings. The van der Waals surface area contributed by atoms with Crippen molar-refractivity contribution in [3.8, 4) is 0 Å². The molecule has 1 aliphatic rings. The van der Waals surface area contributed by atoms with Crippen LogP contribution in [0.3, 0.4) is 0 Å². The van der Waals surface area contributed by atoms with E-state index < -0.39 is 0 Å². The van der Waals surface area contributed by atoms with Crippen LogP contribution >= 0.6 is 0 Å². The molecule has 0 amide bonds. The van der Waals surface area contributed by atoms with E-state index in [0.717, 1.165) is 5.92 Å². The zero-order chi connectivity index (χ0) is 7.78. The van der Waals surface area contributed by atoms with E-state index in [9.17, 15) is 0 Å². The Bertz CT molecular complexity index is 156. The molecule has 0 aliphatic carbocycles. The maximum atomic E-state index is 3.45. The van der Waals surface area contributed by atoms with Gasteiger partial charge in [0.2, 0.25) is 0 Å². The summed E-state index contributed by atoms with van der Waals surface area (Å²) < 4.78 is 0. The molecule has 1 heterocycles. The first kappa shape index (κ1) is 7.64. The normalized spacial score (nSPS) is 30.8. The topological polar surface area (TPSA) is 12.0 Å². The summed E-state index contributed by atoms with van der Waals surface area (Å²) in [6.45, 7) is 8.91. The fraction of sp³-hybridized carbons (Fsp3) is 0.778. The van der Waals surface area contributed by atoms with Gasteiger partial charge < -0.3 is 5.32 Å². The van der Waals surface area contributed by atoms with Crippen molar-refractivity contribution >= 4 is 0 Å². The van der Waals surface area contributed by atoms with Crippen molar-refractivity contribution in [1.82, 2.24) is 5.32 Å². The first-order valence-corrected chi connectivity index (χ1v) is 3.96. The van der Waals surface area contributed by atoms with E-state index in [2.05, 4.69) is 39.1 Å². The Labute approximate surface area is 63.5 Å². The van der Waals surface area contributed by atoms with Crippen molar-refractivity contribution in [2.75, 3.05) is 0 Å². The third-order valence-corrected chi connectivity index (χ3v) is 1.90. The van der Waals surface area contributed by atoms with Crippen LogP contribution < -0.4 is 5.32 Å². The van der Waals surface area contributed by atoms with Crippen LogP contribution in [0.2, 0.25) is 0 Å². The molecule has 1 aliphatic heterocycles. The Morgan fingerprint density at radius 1 is 1.60 bits per heavy atom. The highest BCUT2D eigenvalue weighted by atomic mass is 15.0. The van der Waals surface area contributed by atoms with Crippen molar-refractivity contribution in [2.24, 2.45) is 5.92 Å². The van der Waals surface area contributed by atoms with E-state index in [0.29, 0.717) is 5.54 Å². The Balaban J connectivity index is 2.70. The third-order valence-electron chi connectivity index (χ3n) is 1.90. The average molecular weight is 139 g/mol. The lowest BCUT2D eigenvalue weighted by atomic mass is 9.87. The van der Waals surface area contributed by atoms with Gasteiger partial charge in [-0.3, -0.25) is 0 Å². The van der Waals surface area contributed by atoms with Crippen LogP contribution in [0.5, 0.6) is 0 Å². The second-order valence-corrected chi connectivity index (χ2v) is 4.04. The van der Waals surface area contributed by atoms with Crippen molar-refractivity contribution < 1.29 is 0 Å². The minimum atomic E-state index is 0.304. The fourth-order valence-corrected chi connectivity index (χ4v) is 1.92. The van der Waals surface area contributed by atoms with Gasteiger partial charge in [-0.05, 0) is 33.1 Å². The Morgan fingerprint density at radius 2 is 2.20 bits per heavy atom. The molecular weight excluding hydrogens is 122 g/mol. The molecule has 0 radical (unpaired) electrons. The quantitative estimate of drug-likeness (QED) is 0.543. The average Bonchev–Trinajstić information content (AvgIpc) is 1.54. The van der Waals surface area contributed by atoms with Crippen molar-refractivity contribution in [2.45, 2.75) is 39.7 Å². The molecule has 0 spiro atoms. The number of rotatable bonds is 0. The standard InChI is InChI=1S/C9H17N/c1-7-5-8(2)10-9(3,4)6-7/h5,7,10H,6H2,1-4H3. The molecule has 0 saturated carbocycles. The Kier molecular flexibility index (Phi) is 1.76. The molecule has 0 aromatic carbocycles. The molecule has 1 rings (SSSR count). The first-order valence-electron chi connectivity index (χ1n) is 3.96. The van der Waals surface area contributed by atoms with Gasteiger partial charge in [0.25, 0.3) is 0 Å². The van der Waals surface area contributed by atoms with Crippen LogP contribution in [0.15, 0.2) is 11.8 Å². The van der Waals surface area contributed by atoms with Gasteiger partial charge in [-0.15, -0.1) is 0 Å². The van der Waals surface area contributed by atoms with E-state index in [4.69, 9.17) is 0 Å². The lowest BCUT2D eigenvalue weighted by molar-refractivity contribution is 0.336. The Hall–Kier alpha value is -0.460.